The summed E-state index contributed by atoms with van der Waals surface area (Å²) in [6.45, 7) is 3.33. The molecule has 1 saturated heterocycles. The van der Waals surface area contributed by atoms with Crippen LogP contribution in [0.1, 0.15) is 60.0 Å². The lowest BCUT2D eigenvalue weighted by Crippen LogP contribution is -2.38. The van der Waals surface area contributed by atoms with Gasteiger partial charge in [-0.1, -0.05) is 17.3 Å². The number of halogens is 1. The minimum Gasteiger partial charge on any atom is -0.443 e. The second-order valence-corrected chi connectivity index (χ2v) is 8.14. The van der Waals surface area contributed by atoms with Gasteiger partial charge >= 0.3 is 0 Å². The Balaban J connectivity index is 1.33. The van der Waals surface area contributed by atoms with E-state index in [0.29, 0.717) is 30.3 Å². The van der Waals surface area contributed by atoms with Gasteiger partial charge in [-0.3, -0.25) is 9.48 Å². The number of aromatic nitrogens is 4. The molecule has 0 radical (unpaired) electrons. The van der Waals surface area contributed by atoms with Gasteiger partial charge in [0.25, 0.3) is 5.91 Å². The highest BCUT2D eigenvalue weighted by Crippen LogP contribution is 2.33. The quantitative estimate of drug-likeness (QED) is 0.426. The van der Waals surface area contributed by atoms with E-state index in [2.05, 4.69) is 15.2 Å². The molecule has 1 aliphatic heterocycles. The predicted molar refractivity (Wildman–Crippen MR) is 117 cm³/mol. The van der Waals surface area contributed by atoms with Crippen LogP contribution >= 0.6 is 0 Å². The minimum absolute atomic E-state index is 0.180. The Morgan fingerprint density at radius 1 is 1.21 bits per heavy atom. The summed E-state index contributed by atoms with van der Waals surface area (Å²) >= 11 is 0. The average molecular weight is 449 g/mol. The largest absolute Gasteiger partial charge is 0.443 e. The minimum atomic E-state index is -0.275. The van der Waals surface area contributed by atoms with Crippen LogP contribution in [-0.2, 0) is 13.0 Å². The van der Waals surface area contributed by atoms with Crippen molar-refractivity contribution in [3.63, 3.8) is 0 Å². The maximum absolute atomic E-state index is 13.3. The van der Waals surface area contributed by atoms with Gasteiger partial charge < -0.3 is 13.8 Å². The van der Waals surface area contributed by atoms with Crippen LogP contribution in [0.5, 0.6) is 0 Å². The van der Waals surface area contributed by atoms with E-state index in [9.17, 15) is 9.18 Å². The van der Waals surface area contributed by atoms with Crippen LogP contribution in [0.3, 0.4) is 0 Å². The molecule has 1 aliphatic rings. The first-order valence-corrected chi connectivity index (χ1v) is 11.1. The lowest BCUT2D eigenvalue weighted by molar-refractivity contribution is 0.0528. The highest BCUT2D eigenvalue weighted by Gasteiger charge is 2.34. The molecule has 0 bridgehead atoms. The zero-order chi connectivity index (χ0) is 22.8. The van der Waals surface area contributed by atoms with Crippen molar-refractivity contribution >= 4 is 5.91 Å². The van der Waals surface area contributed by atoms with Crippen molar-refractivity contribution in [3.05, 3.63) is 77.7 Å². The van der Waals surface area contributed by atoms with E-state index >= 15 is 0 Å². The van der Waals surface area contributed by atoms with Gasteiger partial charge in [-0.15, -0.1) is 0 Å². The number of benzene rings is 1. The van der Waals surface area contributed by atoms with Crippen LogP contribution in [-0.4, -0.2) is 37.3 Å². The molecule has 0 N–H and O–H groups in total. The molecular formula is C24H24FN5O3. The number of likely N-dealkylation sites (tertiary alicyclic amines) is 1. The fourth-order valence-electron chi connectivity index (χ4n) is 4.12. The summed E-state index contributed by atoms with van der Waals surface area (Å²) in [6, 6.07) is 7.67. The molecule has 0 unspecified atom stereocenters. The van der Waals surface area contributed by atoms with Gasteiger partial charge in [-0.2, -0.15) is 5.10 Å². The highest BCUT2D eigenvalue weighted by atomic mass is 19.1. The van der Waals surface area contributed by atoms with Gasteiger partial charge in [0.15, 0.2) is 0 Å². The topological polar surface area (TPSA) is 90.2 Å². The number of hydrogen-bond donors (Lipinski definition) is 0. The number of carbonyl (C=O) groups excluding carboxylic acids is 1. The van der Waals surface area contributed by atoms with Crippen LogP contribution in [0, 0.1) is 5.82 Å². The van der Waals surface area contributed by atoms with Crippen molar-refractivity contribution in [2.75, 3.05) is 6.54 Å². The third-order valence-corrected chi connectivity index (χ3v) is 5.89. The molecule has 8 nitrogen and oxygen atoms in total. The maximum Gasteiger partial charge on any atom is 0.293 e. The van der Waals surface area contributed by atoms with Crippen molar-refractivity contribution in [2.45, 2.75) is 45.2 Å². The number of amides is 1. The molecule has 1 atom stereocenters. The zero-order valence-corrected chi connectivity index (χ0v) is 18.3. The molecule has 170 valence electrons. The lowest BCUT2D eigenvalue weighted by Gasteiger charge is -2.32. The van der Waals surface area contributed by atoms with Gasteiger partial charge in [0.2, 0.25) is 11.7 Å². The molecule has 0 saturated carbocycles. The zero-order valence-electron chi connectivity index (χ0n) is 18.3. The van der Waals surface area contributed by atoms with Crippen molar-refractivity contribution in [3.8, 4) is 11.3 Å². The smallest absolute Gasteiger partial charge is 0.293 e. The third kappa shape index (κ3) is 4.44. The molecule has 9 heteroatoms. The Labute approximate surface area is 190 Å². The van der Waals surface area contributed by atoms with Gasteiger partial charge in [0.05, 0.1) is 12.4 Å². The summed E-state index contributed by atoms with van der Waals surface area (Å²) < 4.78 is 26.3. The van der Waals surface area contributed by atoms with Gasteiger partial charge in [0.1, 0.15) is 23.3 Å². The molecule has 0 spiro atoms. The third-order valence-electron chi connectivity index (χ3n) is 5.89. The summed E-state index contributed by atoms with van der Waals surface area (Å²) in [5, 5.41) is 8.31. The number of hydrogen-bond acceptors (Lipinski definition) is 6. The fourth-order valence-corrected chi connectivity index (χ4v) is 4.12. The summed E-state index contributed by atoms with van der Waals surface area (Å²) in [4.78, 5) is 19.5. The van der Waals surface area contributed by atoms with E-state index in [1.54, 1.807) is 40.2 Å². The predicted octanol–water partition coefficient (Wildman–Crippen LogP) is 4.64. The summed E-state index contributed by atoms with van der Waals surface area (Å²) in [5.74, 6) is 0.843. The van der Waals surface area contributed by atoms with Crippen molar-refractivity contribution in [2.24, 2.45) is 0 Å². The number of oxazole rings is 1. The first-order valence-electron chi connectivity index (χ1n) is 11.1. The van der Waals surface area contributed by atoms with Crippen molar-refractivity contribution < 1.29 is 18.1 Å². The van der Waals surface area contributed by atoms with E-state index < -0.39 is 0 Å². The first-order chi connectivity index (χ1) is 16.1. The molecule has 33 heavy (non-hydrogen) atoms. The second kappa shape index (κ2) is 9.01. The molecule has 3 aromatic heterocycles. The van der Waals surface area contributed by atoms with Crippen molar-refractivity contribution in [1.82, 2.24) is 24.8 Å². The number of rotatable bonds is 6. The Bertz CT molecular complexity index is 1240. The Kier molecular flexibility index (Phi) is 5.77. The molecule has 5 rings (SSSR count). The van der Waals surface area contributed by atoms with Crippen LogP contribution in [0.4, 0.5) is 4.39 Å². The summed E-state index contributed by atoms with van der Waals surface area (Å²) in [5.41, 5.74) is 2.30. The molecular weight excluding hydrogens is 425 g/mol. The molecule has 1 aromatic carbocycles. The van der Waals surface area contributed by atoms with Crippen LogP contribution in [0.15, 0.2) is 57.9 Å². The first kappa shape index (κ1) is 21.1. The Hall–Kier alpha value is -3.75. The molecule has 4 aromatic rings. The Morgan fingerprint density at radius 2 is 2.06 bits per heavy atom. The molecule has 0 aliphatic carbocycles. The molecule has 1 fully saturated rings. The van der Waals surface area contributed by atoms with Crippen molar-refractivity contribution in [1.29, 1.82) is 0 Å². The van der Waals surface area contributed by atoms with E-state index in [4.69, 9.17) is 8.94 Å². The number of piperidine rings is 1. The monoisotopic (exact) mass is 449 g/mol. The highest BCUT2D eigenvalue weighted by molar-refractivity contribution is 5.92. The normalized spacial score (nSPS) is 16.3. The molecule has 4 heterocycles. The number of carbonyl (C=O) groups is 1. The van der Waals surface area contributed by atoms with Crippen LogP contribution in [0.2, 0.25) is 0 Å². The van der Waals surface area contributed by atoms with Crippen LogP contribution in [0.25, 0.3) is 11.3 Å². The van der Waals surface area contributed by atoms with Gasteiger partial charge in [0, 0.05) is 37.3 Å². The summed E-state index contributed by atoms with van der Waals surface area (Å²) in [6.07, 6.45) is 8.38. The van der Waals surface area contributed by atoms with Crippen LogP contribution < -0.4 is 0 Å². The maximum atomic E-state index is 13.3. The van der Waals surface area contributed by atoms with E-state index in [1.165, 1.54) is 12.1 Å². The Morgan fingerprint density at radius 3 is 2.85 bits per heavy atom. The van der Waals surface area contributed by atoms with E-state index in [-0.39, 0.29) is 23.5 Å². The van der Waals surface area contributed by atoms with E-state index in [1.807, 2.05) is 13.1 Å². The fraction of sp³-hybridized carbons (Fsp3) is 0.333. The second-order valence-electron chi connectivity index (χ2n) is 8.14. The lowest BCUT2D eigenvalue weighted by atomic mass is 10.0. The van der Waals surface area contributed by atoms with Gasteiger partial charge in [-0.05, 0) is 43.9 Å². The number of aryl methyl sites for hydroxylation is 1. The van der Waals surface area contributed by atoms with Gasteiger partial charge in [-0.25, -0.2) is 9.37 Å². The molecule has 1 amide bonds. The average Bonchev–Trinajstić information content (AvgIpc) is 3.60. The number of nitrogens with zero attached hydrogens (tertiary/aromatic N) is 5. The van der Waals surface area contributed by atoms with E-state index in [0.717, 1.165) is 36.9 Å². The standard InChI is InChI=1S/C24H24FN5O3/c1-2-29-15-17(13-27-29)20-12-22(33-28-20)24(31)30-10-4-3-5-21(30)23-26-14-19(32-23)11-16-6-8-18(25)9-7-16/h6-9,12-15,21H,2-5,10-11H2,1H3/t21-/m0/s1. The SMILES string of the molecule is CCn1cc(-c2cc(C(=O)N3CCCC[C@H]3c3ncc(Cc4ccc(F)cc4)o3)on2)cn1. The summed E-state index contributed by atoms with van der Waals surface area (Å²) in [7, 11) is 0.